The number of hydrazone groups is 1. The van der Waals surface area contributed by atoms with E-state index in [4.69, 9.17) is 14.2 Å². The highest BCUT2D eigenvalue weighted by Gasteiger charge is 2.02. The maximum absolute atomic E-state index is 11.8. The first kappa shape index (κ1) is 20.9. The monoisotopic (exact) mass is 404 g/mol. The Labute approximate surface area is 176 Å². The number of carbonyl (C=O) groups is 1. The molecule has 0 aromatic heterocycles. The molecule has 6 heteroatoms. The summed E-state index contributed by atoms with van der Waals surface area (Å²) < 4.78 is 16.3. The lowest BCUT2D eigenvalue weighted by atomic mass is 10.2. The molecule has 0 saturated carbocycles. The Kier molecular flexibility index (Phi) is 7.44. The molecule has 30 heavy (non-hydrogen) atoms. The Morgan fingerprint density at radius 2 is 1.47 bits per heavy atom. The van der Waals surface area contributed by atoms with Crippen LogP contribution in [0.15, 0.2) is 77.9 Å². The zero-order chi connectivity index (χ0) is 21.2. The summed E-state index contributed by atoms with van der Waals surface area (Å²) in [6, 6.07) is 22.7. The molecule has 0 aliphatic carbocycles. The number of amides is 1. The van der Waals surface area contributed by atoms with Crippen LogP contribution in [0.1, 0.15) is 16.7 Å². The number of carbonyl (C=O) groups excluding carboxylic acids is 1. The normalized spacial score (nSPS) is 10.6. The lowest BCUT2D eigenvalue weighted by molar-refractivity contribution is -0.123. The van der Waals surface area contributed by atoms with Crippen LogP contribution < -0.4 is 19.6 Å². The van der Waals surface area contributed by atoms with E-state index in [2.05, 4.69) is 41.7 Å². The van der Waals surface area contributed by atoms with Crippen LogP contribution in [0.5, 0.6) is 17.2 Å². The zero-order valence-corrected chi connectivity index (χ0v) is 17.0. The first-order valence-corrected chi connectivity index (χ1v) is 9.49. The molecule has 0 saturated heterocycles. The van der Waals surface area contributed by atoms with Gasteiger partial charge in [-0.05, 0) is 66.6 Å². The number of nitrogens with zero attached hydrogens (tertiary/aromatic N) is 1. The molecule has 0 radical (unpaired) electrons. The van der Waals surface area contributed by atoms with E-state index in [1.54, 1.807) is 37.6 Å². The van der Waals surface area contributed by atoms with Crippen molar-refractivity contribution in [2.24, 2.45) is 5.10 Å². The molecule has 0 heterocycles. The van der Waals surface area contributed by atoms with Gasteiger partial charge in [0.2, 0.25) is 0 Å². The molecule has 0 atom stereocenters. The number of rotatable bonds is 9. The van der Waals surface area contributed by atoms with Crippen LogP contribution in [0.3, 0.4) is 0 Å². The number of methoxy groups -OCH3 is 1. The van der Waals surface area contributed by atoms with E-state index in [1.165, 1.54) is 5.56 Å². The third kappa shape index (κ3) is 6.67. The molecular formula is C24H24N2O4. The summed E-state index contributed by atoms with van der Waals surface area (Å²) in [5, 5.41) is 3.95. The van der Waals surface area contributed by atoms with Gasteiger partial charge in [0.15, 0.2) is 6.61 Å². The molecule has 6 nitrogen and oxygen atoms in total. The Bertz CT molecular complexity index is 966. The van der Waals surface area contributed by atoms with Crippen molar-refractivity contribution in [2.75, 3.05) is 13.7 Å². The fourth-order valence-electron chi connectivity index (χ4n) is 2.53. The average molecular weight is 404 g/mol. The Morgan fingerprint density at radius 1 is 0.867 bits per heavy atom. The number of nitrogens with one attached hydrogen (secondary N) is 1. The van der Waals surface area contributed by atoms with E-state index in [-0.39, 0.29) is 12.5 Å². The molecule has 0 fully saturated rings. The van der Waals surface area contributed by atoms with Gasteiger partial charge in [0, 0.05) is 0 Å². The SMILES string of the molecule is COc1ccc(OCC(=O)N/N=C\c2ccc(OCc3ccc(C)cc3)cc2)cc1. The highest BCUT2D eigenvalue weighted by molar-refractivity contribution is 5.83. The second-order valence-electron chi connectivity index (χ2n) is 6.60. The van der Waals surface area contributed by atoms with Gasteiger partial charge in [-0.1, -0.05) is 29.8 Å². The summed E-state index contributed by atoms with van der Waals surface area (Å²) in [6.07, 6.45) is 1.56. The van der Waals surface area contributed by atoms with Crippen LogP contribution in [-0.2, 0) is 11.4 Å². The lowest BCUT2D eigenvalue weighted by Crippen LogP contribution is -2.24. The Balaban J connectivity index is 1.40. The lowest BCUT2D eigenvalue weighted by Gasteiger charge is -2.07. The summed E-state index contributed by atoms with van der Waals surface area (Å²) in [5.74, 6) is 1.73. The fraction of sp³-hybridized carbons (Fsp3) is 0.167. The molecule has 0 spiro atoms. The van der Waals surface area contributed by atoms with E-state index in [0.717, 1.165) is 22.6 Å². The average Bonchev–Trinajstić information content (AvgIpc) is 2.78. The van der Waals surface area contributed by atoms with Gasteiger partial charge < -0.3 is 14.2 Å². The molecule has 154 valence electrons. The van der Waals surface area contributed by atoms with Gasteiger partial charge in [-0.2, -0.15) is 5.10 Å². The molecule has 0 unspecified atom stereocenters. The van der Waals surface area contributed by atoms with Crippen LogP contribution in [0.25, 0.3) is 0 Å². The van der Waals surface area contributed by atoms with Crippen molar-refractivity contribution >= 4 is 12.1 Å². The maximum Gasteiger partial charge on any atom is 0.277 e. The minimum Gasteiger partial charge on any atom is -0.497 e. The number of benzene rings is 3. The predicted molar refractivity (Wildman–Crippen MR) is 116 cm³/mol. The topological polar surface area (TPSA) is 69.2 Å². The standard InChI is InChI=1S/C24H24N2O4/c1-18-3-5-20(6-4-18)16-29-22-9-7-19(8-10-22)15-25-26-24(27)17-30-23-13-11-21(28-2)12-14-23/h3-15H,16-17H2,1-2H3,(H,26,27)/b25-15-. The van der Waals surface area contributed by atoms with Crippen LogP contribution in [0.4, 0.5) is 0 Å². The van der Waals surface area contributed by atoms with Crippen LogP contribution >= 0.6 is 0 Å². The van der Waals surface area contributed by atoms with Gasteiger partial charge in [-0.15, -0.1) is 0 Å². The van der Waals surface area contributed by atoms with Crippen molar-refractivity contribution in [1.29, 1.82) is 0 Å². The minimum atomic E-state index is -0.347. The van der Waals surface area contributed by atoms with Crippen molar-refractivity contribution in [3.05, 3.63) is 89.5 Å². The van der Waals surface area contributed by atoms with Crippen LogP contribution in [0.2, 0.25) is 0 Å². The van der Waals surface area contributed by atoms with E-state index >= 15 is 0 Å². The predicted octanol–water partition coefficient (Wildman–Crippen LogP) is 4.11. The van der Waals surface area contributed by atoms with Crippen LogP contribution in [-0.4, -0.2) is 25.8 Å². The van der Waals surface area contributed by atoms with Gasteiger partial charge in [0.05, 0.1) is 13.3 Å². The van der Waals surface area contributed by atoms with Gasteiger partial charge in [0.25, 0.3) is 5.91 Å². The summed E-state index contributed by atoms with van der Waals surface area (Å²) in [7, 11) is 1.59. The van der Waals surface area contributed by atoms with E-state index in [0.29, 0.717) is 12.4 Å². The second-order valence-corrected chi connectivity index (χ2v) is 6.60. The van der Waals surface area contributed by atoms with Gasteiger partial charge in [0.1, 0.15) is 23.9 Å². The highest BCUT2D eigenvalue weighted by Crippen LogP contribution is 2.17. The molecule has 1 amide bonds. The quantitative estimate of drug-likeness (QED) is 0.430. The molecule has 0 bridgehead atoms. The number of aryl methyl sites for hydroxylation is 1. The van der Waals surface area contributed by atoms with Crippen molar-refractivity contribution in [2.45, 2.75) is 13.5 Å². The number of ether oxygens (including phenoxy) is 3. The zero-order valence-electron chi connectivity index (χ0n) is 17.0. The van der Waals surface area contributed by atoms with E-state index in [1.807, 2.05) is 24.3 Å². The highest BCUT2D eigenvalue weighted by atomic mass is 16.5. The molecule has 3 rings (SSSR count). The molecule has 3 aromatic carbocycles. The molecular weight excluding hydrogens is 380 g/mol. The van der Waals surface area contributed by atoms with Crippen molar-refractivity contribution < 1.29 is 19.0 Å². The van der Waals surface area contributed by atoms with Crippen LogP contribution in [0, 0.1) is 6.92 Å². The molecule has 0 aliphatic heterocycles. The Hall–Kier alpha value is -3.80. The molecule has 3 aromatic rings. The molecule has 1 N–H and O–H groups in total. The van der Waals surface area contributed by atoms with Crippen molar-refractivity contribution in [1.82, 2.24) is 5.43 Å². The van der Waals surface area contributed by atoms with E-state index in [9.17, 15) is 4.79 Å². The molecule has 0 aliphatic rings. The van der Waals surface area contributed by atoms with Gasteiger partial charge >= 0.3 is 0 Å². The van der Waals surface area contributed by atoms with Crippen molar-refractivity contribution in [3.8, 4) is 17.2 Å². The fourth-order valence-corrected chi connectivity index (χ4v) is 2.53. The number of hydrogen-bond acceptors (Lipinski definition) is 5. The summed E-state index contributed by atoms with van der Waals surface area (Å²) in [4.78, 5) is 11.8. The van der Waals surface area contributed by atoms with Gasteiger partial charge in [-0.3, -0.25) is 4.79 Å². The Morgan fingerprint density at radius 3 is 2.13 bits per heavy atom. The smallest absolute Gasteiger partial charge is 0.277 e. The first-order valence-electron chi connectivity index (χ1n) is 9.49. The largest absolute Gasteiger partial charge is 0.497 e. The number of hydrogen-bond donors (Lipinski definition) is 1. The third-order valence-corrected chi connectivity index (χ3v) is 4.24. The summed E-state index contributed by atoms with van der Waals surface area (Å²) in [5.41, 5.74) is 5.62. The third-order valence-electron chi connectivity index (χ3n) is 4.24. The second kappa shape index (κ2) is 10.7. The van der Waals surface area contributed by atoms with E-state index < -0.39 is 0 Å². The first-order chi connectivity index (χ1) is 14.6. The van der Waals surface area contributed by atoms with Gasteiger partial charge in [-0.25, -0.2) is 5.43 Å². The summed E-state index contributed by atoms with van der Waals surface area (Å²) >= 11 is 0. The maximum atomic E-state index is 11.8. The minimum absolute atomic E-state index is 0.130. The van der Waals surface area contributed by atoms with Crippen molar-refractivity contribution in [3.63, 3.8) is 0 Å². The summed E-state index contributed by atoms with van der Waals surface area (Å²) in [6.45, 7) is 2.44.